The molecule has 11 heavy (non-hydrogen) atoms. The number of nitriles is 1. The van der Waals surface area contributed by atoms with Gasteiger partial charge in [-0.15, -0.1) is 0 Å². The van der Waals surface area contributed by atoms with Gasteiger partial charge in [0.2, 0.25) is 0 Å². The summed E-state index contributed by atoms with van der Waals surface area (Å²) in [6.07, 6.45) is 2.90. The highest BCUT2D eigenvalue weighted by Gasteiger charge is 1.74. The van der Waals surface area contributed by atoms with E-state index in [0.29, 0.717) is 0 Å². The first-order valence-electron chi connectivity index (χ1n) is 3.61. The Morgan fingerprint density at radius 3 is 2.09 bits per heavy atom. The van der Waals surface area contributed by atoms with Gasteiger partial charge in [0, 0.05) is 12.2 Å². The molecular formula is C7H14NO2S-. The van der Waals surface area contributed by atoms with Gasteiger partial charge in [-0.25, -0.2) is 0 Å². The summed E-state index contributed by atoms with van der Waals surface area (Å²) in [5, 5.41) is 7.95. The third kappa shape index (κ3) is 26.2. The van der Waals surface area contributed by atoms with Gasteiger partial charge in [0.05, 0.1) is 6.07 Å². The van der Waals surface area contributed by atoms with Crippen molar-refractivity contribution in [1.82, 2.24) is 0 Å². The van der Waals surface area contributed by atoms with E-state index < -0.39 is 11.1 Å². The fourth-order valence-corrected chi connectivity index (χ4v) is 0.256. The summed E-state index contributed by atoms with van der Waals surface area (Å²) in [6.45, 7) is 3.67. The number of rotatable bonds is 3. The number of unbranched alkanes of at least 4 members (excludes halogenated alkanes) is 2. The highest BCUT2D eigenvalue weighted by atomic mass is 32.2. The highest BCUT2D eigenvalue weighted by molar-refractivity contribution is 7.79. The van der Waals surface area contributed by atoms with Crippen LogP contribution in [0.25, 0.3) is 0 Å². The zero-order valence-electron chi connectivity index (χ0n) is 7.00. The Labute approximate surface area is 70.7 Å². The maximum absolute atomic E-state index is 9.37. The fourth-order valence-electron chi connectivity index (χ4n) is 0.256. The molecule has 3 nitrogen and oxygen atoms in total. The molecule has 0 fully saturated rings. The molecule has 0 aliphatic heterocycles. The van der Waals surface area contributed by atoms with Gasteiger partial charge in [0.1, 0.15) is 0 Å². The average Bonchev–Trinajstić information content (AvgIpc) is 2.02. The normalized spacial score (nSPS) is 10.7. The lowest BCUT2D eigenvalue weighted by molar-refractivity contribution is 0.538. The second kappa shape index (κ2) is 12.3. The van der Waals surface area contributed by atoms with Crippen molar-refractivity contribution < 1.29 is 8.76 Å². The van der Waals surface area contributed by atoms with Gasteiger partial charge in [-0.05, 0) is 6.42 Å². The molecule has 0 spiro atoms. The van der Waals surface area contributed by atoms with Gasteiger partial charge in [0.15, 0.2) is 0 Å². The molecule has 0 rings (SSSR count). The van der Waals surface area contributed by atoms with Crippen molar-refractivity contribution in [3.8, 4) is 6.07 Å². The molecule has 0 aliphatic rings. The van der Waals surface area contributed by atoms with E-state index in [1.54, 1.807) is 6.92 Å². The summed E-state index contributed by atoms with van der Waals surface area (Å²) < 4.78 is 18.7. The first-order chi connectivity index (χ1) is 5.18. The second-order valence-electron chi connectivity index (χ2n) is 1.85. The van der Waals surface area contributed by atoms with E-state index in [1.807, 2.05) is 0 Å². The van der Waals surface area contributed by atoms with Crippen LogP contribution in [-0.2, 0) is 11.1 Å². The zero-order chi connectivity index (χ0) is 9.11. The van der Waals surface area contributed by atoms with E-state index in [1.165, 1.54) is 0 Å². The Morgan fingerprint density at radius 1 is 1.55 bits per heavy atom. The van der Waals surface area contributed by atoms with Crippen LogP contribution in [0.3, 0.4) is 0 Å². The first kappa shape index (κ1) is 13.2. The Hall–Kier alpha value is -0.400. The molecule has 0 N–H and O–H groups in total. The monoisotopic (exact) mass is 176 g/mol. The van der Waals surface area contributed by atoms with Crippen molar-refractivity contribution in [2.75, 3.05) is 5.75 Å². The predicted molar refractivity (Wildman–Crippen MR) is 44.6 cm³/mol. The van der Waals surface area contributed by atoms with Gasteiger partial charge in [0.25, 0.3) is 0 Å². The molecule has 1 atom stereocenters. The Morgan fingerprint density at radius 2 is 2.00 bits per heavy atom. The van der Waals surface area contributed by atoms with Gasteiger partial charge in [-0.3, -0.25) is 4.21 Å². The first-order valence-corrected chi connectivity index (χ1v) is 4.86. The van der Waals surface area contributed by atoms with Gasteiger partial charge < -0.3 is 4.55 Å². The van der Waals surface area contributed by atoms with Crippen LogP contribution in [0.2, 0.25) is 0 Å². The van der Waals surface area contributed by atoms with Gasteiger partial charge >= 0.3 is 0 Å². The molecular weight excluding hydrogens is 162 g/mol. The van der Waals surface area contributed by atoms with E-state index >= 15 is 0 Å². The number of nitrogens with zero attached hydrogens (tertiary/aromatic N) is 1. The van der Waals surface area contributed by atoms with Crippen LogP contribution in [0.1, 0.15) is 33.1 Å². The third-order valence-corrected chi connectivity index (χ3v) is 1.35. The van der Waals surface area contributed by atoms with Gasteiger partial charge in [-0.2, -0.15) is 5.26 Å². The van der Waals surface area contributed by atoms with Crippen LogP contribution < -0.4 is 0 Å². The van der Waals surface area contributed by atoms with Crippen LogP contribution in [0.15, 0.2) is 0 Å². The lowest BCUT2D eigenvalue weighted by Crippen LogP contribution is -1.85. The van der Waals surface area contributed by atoms with Crippen molar-refractivity contribution in [3.63, 3.8) is 0 Å². The van der Waals surface area contributed by atoms with E-state index in [4.69, 9.17) is 5.26 Å². The van der Waals surface area contributed by atoms with Crippen molar-refractivity contribution in [1.29, 1.82) is 5.26 Å². The third-order valence-electron chi connectivity index (χ3n) is 0.878. The zero-order valence-corrected chi connectivity index (χ0v) is 7.82. The predicted octanol–water partition coefficient (Wildman–Crippen LogP) is 1.59. The van der Waals surface area contributed by atoms with Crippen molar-refractivity contribution >= 4 is 11.1 Å². The Bertz CT molecular complexity index is 131. The van der Waals surface area contributed by atoms with Crippen LogP contribution in [0.5, 0.6) is 0 Å². The Balaban J connectivity index is 0. The van der Waals surface area contributed by atoms with Crippen LogP contribution >= 0.6 is 0 Å². The van der Waals surface area contributed by atoms with Crippen molar-refractivity contribution in [2.45, 2.75) is 33.1 Å². The van der Waals surface area contributed by atoms with Crippen molar-refractivity contribution in [2.24, 2.45) is 0 Å². The average molecular weight is 176 g/mol. The minimum Gasteiger partial charge on any atom is -0.772 e. The summed E-state index contributed by atoms with van der Waals surface area (Å²) in [5.41, 5.74) is 0. The van der Waals surface area contributed by atoms with E-state index in [2.05, 4.69) is 13.0 Å². The second-order valence-corrected chi connectivity index (χ2v) is 3.04. The molecule has 0 aliphatic carbocycles. The van der Waals surface area contributed by atoms with Crippen LogP contribution in [-0.4, -0.2) is 14.5 Å². The SMILES string of the molecule is CCCCC#N.CCS(=O)[O-]. The smallest absolute Gasteiger partial charge is 0.0621 e. The van der Waals surface area contributed by atoms with Gasteiger partial charge in [-0.1, -0.05) is 31.3 Å². The summed E-state index contributed by atoms with van der Waals surface area (Å²) in [4.78, 5) is 0. The molecule has 66 valence electrons. The molecule has 0 heterocycles. The quantitative estimate of drug-likeness (QED) is 0.484. The lowest BCUT2D eigenvalue weighted by Gasteiger charge is -1.93. The summed E-state index contributed by atoms with van der Waals surface area (Å²) in [5.74, 6) is 0.222. The summed E-state index contributed by atoms with van der Waals surface area (Å²) in [7, 11) is 0. The van der Waals surface area contributed by atoms with E-state index in [9.17, 15) is 8.76 Å². The maximum Gasteiger partial charge on any atom is 0.0621 e. The molecule has 0 amide bonds. The lowest BCUT2D eigenvalue weighted by atomic mass is 10.3. The standard InChI is InChI=1S/C5H9N.C2H6O2S/c1-2-3-4-5-6;1-2-5(3)4/h2-4H2,1H3;2H2,1H3,(H,3,4)/p-1. The van der Waals surface area contributed by atoms with Crippen LogP contribution in [0.4, 0.5) is 0 Å². The van der Waals surface area contributed by atoms with E-state index in [0.717, 1.165) is 19.3 Å². The van der Waals surface area contributed by atoms with Crippen LogP contribution in [0, 0.1) is 11.3 Å². The minimum absolute atomic E-state index is 0.222. The van der Waals surface area contributed by atoms with Crippen molar-refractivity contribution in [3.05, 3.63) is 0 Å². The Kier molecular flexibility index (Phi) is 14.8. The molecule has 0 aromatic carbocycles. The number of hydrogen-bond acceptors (Lipinski definition) is 3. The minimum atomic E-state index is -1.82. The summed E-state index contributed by atoms with van der Waals surface area (Å²) in [6, 6.07) is 2.07. The number of hydrogen-bond donors (Lipinski definition) is 0. The molecule has 4 heteroatoms. The topological polar surface area (TPSA) is 63.9 Å². The molecule has 0 radical (unpaired) electrons. The summed E-state index contributed by atoms with van der Waals surface area (Å²) >= 11 is -1.82. The molecule has 0 aromatic heterocycles. The fraction of sp³-hybridized carbons (Fsp3) is 0.857. The molecule has 0 bridgehead atoms. The van der Waals surface area contributed by atoms with E-state index in [-0.39, 0.29) is 5.75 Å². The molecule has 0 saturated heterocycles. The molecule has 0 saturated carbocycles. The highest BCUT2D eigenvalue weighted by Crippen LogP contribution is 1.88. The molecule has 0 aromatic rings. The maximum atomic E-state index is 9.37. The molecule has 1 unspecified atom stereocenters. The largest absolute Gasteiger partial charge is 0.772 e.